The number of ether oxygens (including phenoxy) is 6. The zero-order valence-corrected chi connectivity index (χ0v) is 24.6. The first-order chi connectivity index (χ1) is 18.1. The predicted molar refractivity (Wildman–Crippen MR) is 139 cm³/mol. The van der Waals surface area contributed by atoms with Crippen LogP contribution < -0.4 is 0 Å². The molecule has 3 aliphatic carbocycles. The standard InChI is InChI=1S/C31H44O8/c1-15(21-14-28(6)27(4,5)38-30(8,36-21)39-28)19-9-10-20-24-18(13-22(29(19,20)7)34-17(3)32)16(2)31(26-25(24)35-26)12-11-23(33)37-31/h13,15-16,19-22,24-26H,9-12,14H2,1-8H3/t15-,16-,19-,20+,21+,22-,24-,25-,26-,28+,29-,30-,31+/m0/s1. The second-order valence-corrected chi connectivity index (χ2v) is 14.6. The molecule has 0 N–H and O–H groups in total. The van der Waals surface area contributed by atoms with Crippen molar-refractivity contribution in [3.63, 3.8) is 0 Å². The first-order valence-corrected chi connectivity index (χ1v) is 15.0. The lowest BCUT2D eigenvalue weighted by molar-refractivity contribution is -0.385. The fourth-order valence-electron chi connectivity index (χ4n) is 10.1. The zero-order chi connectivity index (χ0) is 27.9. The summed E-state index contributed by atoms with van der Waals surface area (Å²) in [7, 11) is 0. The third-order valence-electron chi connectivity index (χ3n) is 12.4. The molecule has 39 heavy (non-hydrogen) atoms. The molecule has 1 spiro atoms. The molecule has 13 atom stereocenters. The second kappa shape index (κ2) is 7.87. The Hall–Kier alpha value is -1.48. The minimum atomic E-state index is -1.07. The SMILES string of the molecule is CC(=O)O[C@H]1C=C2[C@H]([C@@H]3O[C@@H]3[C@@]3(CCC(=O)O3)[C@H]2C)[C@H]2CC[C@@H]([C@H](C)[C@H]3C[C@@]4(C)O[C@@](C)(O3)OC4(C)C)[C@]12C. The van der Waals surface area contributed by atoms with Crippen molar-refractivity contribution >= 4 is 11.9 Å². The molecule has 6 fully saturated rings. The van der Waals surface area contributed by atoms with Gasteiger partial charge in [-0.05, 0) is 57.4 Å². The van der Waals surface area contributed by atoms with Gasteiger partial charge in [0.15, 0.2) is 0 Å². The van der Waals surface area contributed by atoms with E-state index in [0.29, 0.717) is 18.8 Å². The van der Waals surface area contributed by atoms with Crippen molar-refractivity contribution in [1.29, 1.82) is 0 Å². The third kappa shape index (κ3) is 3.38. The van der Waals surface area contributed by atoms with Gasteiger partial charge in [0.05, 0.1) is 17.8 Å². The number of hydrogen-bond donors (Lipinski definition) is 0. The lowest BCUT2D eigenvalue weighted by Gasteiger charge is -2.54. The van der Waals surface area contributed by atoms with Gasteiger partial charge in [-0.1, -0.05) is 26.3 Å². The molecule has 0 unspecified atom stereocenters. The molecule has 7 aliphatic rings. The zero-order valence-electron chi connectivity index (χ0n) is 24.6. The first-order valence-electron chi connectivity index (χ1n) is 15.0. The van der Waals surface area contributed by atoms with E-state index in [0.717, 1.165) is 19.3 Å². The predicted octanol–water partition coefficient (Wildman–Crippen LogP) is 4.68. The monoisotopic (exact) mass is 544 g/mol. The van der Waals surface area contributed by atoms with Crippen LogP contribution in [0.5, 0.6) is 0 Å². The number of esters is 2. The fourth-order valence-corrected chi connectivity index (χ4v) is 10.1. The number of carbonyl (C=O) groups is 2. The molecule has 0 radical (unpaired) electrons. The Bertz CT molecular complexity index is 1140. The van der Waals surface area contributed by atoms with Gasteiger partial charge in [0.2, 0.25) is 0 Å². The molecule has 7 rings (SSSR count). The Morgan fingerprint density at radius 3 is 2.51 bits per heavy atom. The molecule has 0 aromatic rings. The number of hydrogen-bond acceptors (Lipinski definition) is 8. The molecule has 0 aromatic heterocycles. The molecular formula is C31H44O8. The van der Waals surface area contributed by atoms with Crippen LogP contribution in [0.15, 0.2) is 11.6 Å². The maximum atomic E-state index is 12.5. The summed E-state index contributed by atoms with van der Waals surface area (Å²) < 4.78 is 37.7. The summed E-state index contributed by atoms with van der Waals surface area (Å²) in [4.78, 5) is 24.7. The van der Waals surface area contributed by atoms with Crippen molar-refractivity contribution in [3.05, 3.63) is 11.6 Å². The molecule has 216 valence electrons. The van der Waals surface area contributed by atoms with Crippen LogP contribution in [0.4, 0.5) is 0 Å². The third-order valence-corrected chi connectivity index (χ3v) is 12.4. The van der Waals surface area contributed by atoms with E-state index < -0.39 is 22.8 Å². The average Bonchev–Trinajstić information content (AvgIpc) is 3.37. The van der Waals surface area contributed by atoms with Crippen molar-refractivity contribution in [1.82, 2.24) is 0 Å². The van der Waals surface area contributed by atoms with Gasteiger partial charge in [-0.15, -0.1) is 0 Å². The Labute approximate surface area is 231 Å². The summed E-state index contributed by atoms with van der Waals surface area (Å²) in [5.74, 6) is -0.417. The van der Waals surface area contributed by atoms with E-state index >= 15 is 0 Å². The van der Waals surface area contributed by atoms with Crippen LogP contribution in [0, 0.1) is 35.0 Å². The van der Waals surface area contributed by atoms with E-state index in [1.165, 1.54) is 12.5 Å². The minimum absolute atomic E-state index is 0.0329. The van der Waals surface area contributed by atoms with Crippen molar-refractivity contribution in [2.24, 2.45) is 35.0 Å². The highest BCUT2D eigenvalue weighted by molar-refractivity contribution is 5.73. The van der Waals surface area contributed by atoms with Crippen molar-refractivity contribution in [2.45, 2.75) is 135 Å². The van der Waals surface area contributed by atoms with Crippen molar-refractivity contribution < 1.29 is 38.0 Å². The van der Waals surface area contributed by atoms with E-state index in [9.17, 15) is 9.59 Å². The van der Waals surface area contributed by atoms with Crippen LogP contribution in [0.1, 0.15) is 87.5 Å². The van der Waals surface area contributed by atoms with Crippen LogP contribution in [-0.4, -0.2) is 59.1 Å². The summed E-state index contributed by atoms with van der Waals surface area (Å²) in [5, 5.41) is 0. The highest BCUT2D eigenvalue weighted by atomic mass is 16.9. The quantitative estimate of drug-likeness (QED) is 0.287. The van der Waals surface area contributed by atoms with Crippen LogP contribution in [0.3, 0.4) is 0 Å². The number of carbonyl (C=O) groups excluding carboxylic acids is 2. The van der Waals surface area contributed by atoms with Gasteiger partial charge >= 0.3 is 11.9 Å². The summed E-state index contributed by atoms with van der Waals surface area (Å²) in [6, 6.07) is 0. The molecule has 8 nitrogen and oxygen atoms in total. The van der Waals surface area contributed by atoms with Crippen LogP contribution in [0.2, 0.25) is 0 Å². The van der Waals surface area contributed by atoms with Gasteiger partial charge in [-0.2, -0.15) is 0 Å². The molecule has 4 saturated heterocycles. The van der Waals surface area contributed by atoms with E-state index in [4.69, 9.17) is 28.4 Å². The lowest BCUT2D eigenvalue weighted by Crippen LogP contribution is -2.58. The molecule has 0 aromatic carbocycles. The minimum Gasteiger partial charge on any atom is -0.458 e. The molecule has 0 amide bonds. The molecular weight excluding hydrogens is 500 g/mol. The van der Waals surface area contributed by atoms with E-state index in [1.54, 1.807) is 0 Å². The Morgan fingerprint density at radius 2 is 1.87 bits per heavy atom. The summed E-state index contributed by atoms with van der Waals surface area (Å²) >= 11 is 0. The normalized spacial score (nSPS) is 55.3. The van der Waals surface area contributed by atoms with Crippen LogP contribution in [0.25, 0.3) is 0 Å². The number of epoxide rings is 1. The smallest absolute Gasteiger partial charge is 0.306 e. The maximum absolute atomic E-state index is 12.5. The van der Waals surface area contributed by atoms with Gasteiger partial charge in [0, 0.05) is 50.4 Å². The Morgan fingerprint density at radius 1 is 1.13 bits per heavy atom. The van der Waals surface area contributed by atoms with Crippen LogP contribution in [-0.2, 0) is 38.0 Å². The highest BCUT2D eigenvalue weighted by Crippen LogP contribution is 2.68. The van der Waals surface area contributed by atoms with Gasteiger partial charge in [0.25, 0.3) is 5.97 Å². The molecule has 4 heterocycles. The second-order valence-electron chi connectivity index (χ2n) is 14.6. The van der Waals surface area contributed by atoms with Gasteiger partial charge in [0.1, 0.15) is 23.4 Å². The fraction of sp³-hybridized carbons (Fsp3) is 0.871. The topological polar surface area (TPSA) is 92.8 Å². The van der Waals surface area contributed by atoms with Gasteiger partial charge in [-0.3, -0.25) is 9.59 Å². The van der Waals surface area contributed by atoms with Crippen LogP contribution >= 0.6 is 0 Å². The van der Waals surface area contributed by atoms with E-state index in [1.807, 2.05) is 6.92 Å². The Kier molecular flexibility index (Phi) is 5.33. The lowest BCUT2D eigenvalue weighted by atomic mass is 9.52. The first kappa shape index (κ1) is 26.4. The highest BCUT2D eigenvalue weighted by Gasteiger charge is 2.74. The van der Waals surface area contributed by atoms with Crippen molar-refractivity contribution in [3.8, 4) is 0 Å². The van der Waals surface area contributed by atoms with Crippen molar-refractivity contribution in [2.75, 3.05) is 0 Å². The van der Waals surface area contributed by atoms with E-state index in [-0.39, 0.29) is 65.4 Å². The molecule has 2 bridgehead atoms. The largest absolute Gasteiger partial charge is 0.458 e. The van der Waals surface area contributed by atoms with Gasteiger partial charge < -0.3 is 28.4 Å². The molecule has 2 saturated carbocycles. The van der Waals surface area contributed by atoms with E-state index in [2.05, 4.69) is 47.6 Å². The Balaban J connectivity index is 1.24. The molecule has 4 aliphatic heterocycles. The number of fused-ring (bicyclic) bond motifs is 8. The van der Waals surface area contributed by atoms with Gasteiger partial charge in [-0.25, -0.2) is 0 Å². The average molecular weight is 545 g/mol. The number of rotatable bonds is 3. The maximum Gasteiger partial charge on any atom is 0.306 e. The molecule has 8 heteroatoms. The summed E-state index contributed by atoms with van der Waals surface area (Å²) in [5.41, 5.74) is -0.520. The summed E-state index contributed by atoms with van der Waals surface area (Å²) in [6.45, 7) is 16.5. The summed E-state index contributed by atoms with van der Waals surface area (Å²) in [6.07, 6.45) is 5.77.